The minimum absolute atomic E-state index is 0.0136. The molecule has 0 saturated carbocycles. The molecule has 0 amide bonds. The first-order valence-corrected chi connectivity index (χ1v) is 13.6. The predicted octanol–water partition coefficient (Wildman–Crippen LogP) is 4.38. The van der Waals surface area contributed by atoms with Crippen LogP contribution in [-0.2, 0) is 9.84 Å². The van der Waals surface area contributed by atoms with Crippen molar-refractivity contribution in [3.05, 3.63) is 107 Å². The summed E-state index contributed by atoms with van der Waals surface area (Å²) in [7, 11) is -3.68. The number of phenols is 1. The molecule has 4 rings (SSSR count). The molecule has 3 N–H and O–H groups in total. The van der Waals surface area contributed by atoms with E-state index in [0.717, 1.165) is 11.1 Å². The van der Waals surface area contributed by atoms with Gasteiger partial charge in [-0.15, -0.1) is 0 Å². The van der Waals surface area contributed by atoms with E-state index in [1.165, 1.54) is 12.1 Å². The van der Waals surface area contributed by atoms with Crippen molar-refractivity contribution in [1.29, 1.82) is 0 Å². The summed E-state index contributed by atoms with van der Waals surface area (Å²) in [6, 6.07) is 22.4. The molecule has 0 fully saturated rings. The van der Waals surface area contributed by atoms with E-state index in [4.69, 9.17) is 4.74 Å². The van der Waals surface area contributed by atoms with Crippen molar-refractivity contribution in [1.82, 2.24) is 0 Å². The zero-order valence-corrected chi connectivity index (χ0v) is 20.9. The van der Waals surface area contributed by atoms with Gasteiger partial charge in [0.1, 0.15) is 17.6 Å². The van der Waals surface area contributed by atoms with E-state index in [1.807, 2.05) is 36.4 Å². The number of benzene rings is 3. The van der Waals surface area contributed by atoms with Gasteiger partial charge in [0.05, 0.1) is 18.5 Å². The highest BCUT2D eigenvalue weighted by molar-refractivity contribution is 7.92. The number of ether oxygens (including phenoxy) is 1. The average Bonchev–Trinajstić information content (AvgIpc) is 3.17. The van der Waals surface area contributed by atoms with Gasteiger partial charge in [-0.2, -0.15) is 0 Å². The summed E-state index contributed by atoms with van der Waals surface area (Å²) >= 11 is 0. The Morgan fingerprint density at radius 1 is 1.05 bits per heavy atom. The molecule has 1 aliphatic heterocycles. The number of phenolic OH excluding ortho intramolecular Hbond substituents is 1. The van der Waals surface area contributed by atoms with Crippen molar-refractivity contribution in [2.75, 3.05) is 19.0 Å². The van der Waals surface area contributed by atoms with E-state index in [9.17, 15) is 28.1 Å². The summed E-state index contributed by atoms with van der Waals surface area (Å²) in [5, 5.41) is 29.4. The predicted molar refractivity (Wildman–Crippen MR) is 141 cm³/mol. The maximum atomic E-state index is 13.9. The zero-order chi connectivity index (χ0) is 26.4. The Kier molecular flexibility index (Phi) is 8.43. The Bertz CT molecular complexity index is 1380. The molecule has 6 nitrogen and oxygen atoms in total. The highest BCUT2D eigenvalue weighted by Gasteiger charge is 2.41. The molecule has 37 heavy (non-hydrogen) atoms. The number of rotatable bonds is 10. The lowest BCUT2D eigenvalue weighted by atomic mass is 9.92. The molecule has 0 unspecified atom stereocenters. The van der Waals surface area contributed by atoms with Gasteiger partial charge in [-0.3, -0.25) is 0 Å². The highest BCUT2D eigenvalue weighted by Crippen LogP contribution is 2.34. The molecule has 3 aromatic rings. The van der Waals surface area contributed by atoms with Crippen LogP contribution in [0.15, 0.2) is 90.0 Å². The molecule has 0 spiro atoms. The van der Waals surface area contributed by atoms with Gasteiger partial charge in [0.15, 0.2) is 21.4 Å². The van der Waals surface area contributed by atoms with E-state index in [-0.39, 0.29) is 24.4 Å². The summed E-state index contributed by atoms with van der Waals surface area (Å²) in [5.74, 6) is -0.894. The van der Waals surface area contributed by atoms with Crippen LogP contribution >= 0.6 is 0 Å². The molecule has 1 aliphatic rings. The molecule has 3 aromatic carbocycles. The fourth-order valence-corrected chi connectivity index (χ4v) is 6.41. The van der Waals surface area contributed by atoms with Gasteiger partial charge < -0.3 is 20.1 Å². The van der Waals surface area contributed by atoms with Gasteiger partial charge in [0.25, 0.3) is 0 Å². The number of allylic oxidation sites excluding steroid dienone is 1. The van der Waals surface area contributed by atoms with Crippen molar-refractivity contribution >= 4 is 21.5 Å². The minimum atomic E-state index is -3.68. The van der Waals surface area contributed by atoms with E-state index in [1.54, 1.807) is 36.4 Å². The van der Waals surface area contributed by atoms with Crippen molar-refractivity contribution in [3.8, 4) is 11.5 Å². The van der Waals surface area contributed by atoms with E-state index < -0.39 is 39.4 Å². The molecule has 0 bridgehead atoms. The number of sulfone groups is 1. The number of aromatic hydroxyl groups is 1. The first-order valence-electron chi connectivity index (χ1n) is 11.9. The van der Waals surface area contributed by atoms with Crippen LogP contribution in [0.4, 0.5) is 4.39 Å². The van der Waals surface area contributed by atoms with E-state index >= 15 is 0 Å². The average molecular weight is 525 g/mol. The fraction of sp³-hybridized carbons (Fsp3) is 0.241. The van der Waals surface area contributed by atoms with Crippen LogP contribution in [-0.4, -0.2) is 54.1 Å². The first kappa shape index (κ1) is 26.6. The lowest BCUT2D eigenvalue weighted by Gasteiger charge is -2.20. The zero-order valence-electron chi connectivity index (χ0n) is 20.1. The van der Waals surface area contributed by atoms with Crippen LogP contribution in [0.3, 0.4) is 0 Å². The van der Waals surface area contributed by atoms with Gasteiger partial charge in [0.2, 0.25) is 0 Å². The van der Waals surface area contributed by atoms with Crippen LogP contribution in [0.25, 0.3) is 11.6 Å². The second kappa shape index (κ2) is 11.7. The Hall–Kier alpha value is -3.46. The summed E-state index contributed by atoms with van der Waals surface area (Å²) in [4.78, 5) is 0. The summed E-state index contributed by atoms with van der Waals surface area (Å²) in [5.41, 5.74) is 2.93. The highest BCUT2D eigenvalue weighted by atomic mass is 32.2. The Morgan fingerprint density at radius 3 is 2.38 bits per heavy atom. The molecule has 0 aromatic heterocycles. The third-order valence-corrected chi connectivity index (χ3v) is 8.41. The number of hydrogen-bond donors (Lipinski definition) is 3. The molecule has 0 aliphatic carbocycles. The minimum Gasteiger partial charge on any atom is -0.505 e. The molecule has 194 valence electrons. The van der Waals surface area contributed by atoms with Crippen LogP contribution < -0.4 is 4.74 Å². The molecule has 0 saturated heterocycles. The third-order valence-electron chi connectivity index (χ3n) is 6.39. The number of aliphatic hydroxyl groups excluding tert-OH is 2. The summed E-state index contributed by atoms with van der Waals surface area (Å²) < 4.78 is 45.2. The quantitative estimate of drug-likeness (QED) is 0.269. The lowest BCUT2D eigenvalue weighted by Crippen LogP contribution is -2.29. The monoisotopic (exact) mass is 524 g/mol. The fourth-order valence-electron chi connectivity index (χ4n) is 4.54. The maximum Gasteiger partial charge on any atom is 0.165 e. The standard InChI is InChI=1S/C29H29FO6S/c30-25-16-20(11-13-26(25)32)15-22(21-7-3-1-4-8-21)12-14-27(33)29-23(19-37(34,35)28(29)17-31)18-36-24-9-5-2-6-10-24/h1-11,13,15-16,27-28,31-33H,12,14,17-19H2/b22-15-/t27-,28+/m1/s1. The van der Waals surface area contributed by atoms with Crippen LogP contribution in [0.2, 0.25) is 0 Å². The number of halogens is 1. The first-order chi connectivity index (χ1) is 17.8. The third kappa shape index (κ3) is 6.46. The summed E-state index contributed by atoms with van der Waals surface area (Å²) in [6.07, 6.45) is 1.17. The Balaban J connectivity index is 1.59. The van der Waals surface area contributed by atoms with Crippen LogP contribution in [0.5, 0.6) is 11.5 Å². The largest absolute Gasteiger partial charge is 0.505 e. The number of hydrogen-bond acceptors (Lipinski definition) is 6. The van der Waals surface area contributed by atoms with E-state index in [2.05, 4.69) is 0 Å². The van der Waals surface area contributed by atoms with Gasteiger partial charge in [-0.1, -0.05) is 60.7 Å². The van der Waals surface area contributed by atoms with Gasteiger partial charge in [-0.25, -0.2) is 12.8 Å². The van der Waals surface area contributed by atoms with Crippen molar-refractivity contribution in [2.24, 2.45) is 0 Å². The Morgan fingerprint density at radius 2 is 1.73 bits per heavy atom. The second-order valence-corrected chi connectivity index (χ2v) is 11.1. The Labute approximate surface area is 215 Å². The number of para-hydroxylation sites is 1. The van der Waals surface area contributed by atoms with E-state index in [0.29, 0.717) is 23.3 Å². The van der Waals surface area contributed by atoms with Crippen molar-refractivity contribution in [3.63, 3.8) is 0 Å². The van der Waals surface area contributed by atoms with Gasteiger partial charge in [-0.05, 0) is 65.0 Å². The summed E-state index contributed by atoms with van der Waals surface area (Å²) in [6.45, 7) is -0.641. The lowest BCUT2D eigenvalue weighted by molar-refractivity contribution is 0.188. The van der Waals surface area contributed by atoms with Crippen LogP contribution in [0.1, 0.15) is 24.0 Å². The SMILES string of the molecule is O=S1(=O)CC(COc2ccccc2)=C([C@H](O)CC/C(=C/c2ccc(O)c(F)c2)c2ccccc2)[C@@H]1CO. The molecule has 2 atom stereocenters. The normalized spacial score (nSPS) is 18.1. The smallest absolute Gasteiger partial charge is 0.165 e. The van der Waals surface area contributed by atoms with Crippen molar-refractivity contribution < 1.29 is 32.9 Å². The topological polar surface area (TPSA) is 104 Å². The molecule has 1 heterocycles. The number of aliphatic hydroxyl groups is 2. The van der Waals surface area contributed by atoms with Crippen molar-refractivity contribution in [2.45, 2.75) is 24.2 Å². The maximum absolute atomic E-state index is 13.9. The second-order valence-electron chi connectivity index (χ2n) is 8.94. The van der Waals surface area contributed by atoms with Crippen LogP contribution in [0, 0.1) is 5.82 Å². The molecule has 8 heteroatoms. The molecular weight excluding hydrogens is 495 g/mol. The molecular formula is C29H29FO6S. The van der Waals surface area contributed by atoms with Gasteiger partial charge >= 0.3 is 0 Å². The van der Waals surface area contributed by atoms with Gasteiger partial charge in [0, 0.05) is 0 Å². The molecule has 0 radical (unpaired) electrons.